The van der Waals surface area contributed by atoms with E-state index in [2.05, 4.69) is 70.9 Å². The number of nitrogen functional groups attached to an aromatic ring is 2. The summed E-state index contributed by atoms with van der Waals surface area (Å²) in [6.45, 7) is 42.6. The van der Waals surface area contributed by atoms with Crippen molar-refractivity contribution in [2.24, 2.45) is 4.40 Å². The normalized spacial score (nSPS) is 12.4. The van der Waals surface area contributed by atoms with Crippen LogP contribution >= 0.6 is 56.5 Å². The maximum Gasteiger partial charge on any atom is 1.00 e. The van der Waals surface area contributed by atoms with Gasteiger partial charge < -0.3 is 36.3 Å². The van der Waals surface area contributed by atoms with Crippen LogP contribution in [0.5, 0.6) is 0 Å². The zero-order chi connectivity index (χ0) is 104. The summed E-state index contributed by atoms with van der Waals surface area (Å²) in [5.74, 6) is -8.34. The summed E-state index contributed by atoms with van der Waals surface area (Å²) in [5.41, 5.74) is 16.6. The first-order valence-electron chi connectivity index (χ1n) is 40.1. The number of allylic oxidation sites excluding steroid dienone is 2. The Bertz CT molecular complexity index is 6470. The number of carbonyl (C=O) groups excluding carboxylic acids is 2. The molecule has 736 valence electrons. The summed E-state index contributed by atoms with van der Waals surface area (Å²) in [6, 6.07) is 40.4. The van der Waals surface area contributed by atoms with Gasteiger partial charge in [0, 0.05) is 28.2 Å². The third kappa shape index (κ3) is 40.2. The second-order valence-electron chi connectivity index (χ2n) is 36.3. The number of aromatic carboxylic acids is 1. The molecule has 137 heavy (non-hydrogen) atoms. The Balaban J connectivity index is 0.000000792. The number of thioether (sulfide) groups is 1. The monoisotopic (exact) mass is 2110 g/mol. The second kappa shape index (κ2) is 52.3. The number of nitrogens with one attached hydrogen (secondary N) is 2. The fourth-order valence-electron chi connectivity index (χ4n) is 10.7. The molecule has 1 aliphatic rings. The number of anilines is 4. The Morgan fingerprint density at radius 3 is 1.04 bits per heavy atom. The molecule has 0 bridgehead atoms. The van der Waals surface area contributed by atoms with Crippen LogP contribution in [-0.4, -0.2) is 89.6 Å². The van der Waals surface area contributed by atoms with Crippen molar-refractivity contribution in [2.75, 3.05) is 35.1 Å². The second-order valence-corrected chi connectivity index (χ2v) is 48.7. The molecule has 0 radical (unpaired) electrons. The van der Waals surface area contributed by atoms with Crippen molar-refractivity contribution in [3.05, 3.63) is 285 Å². The Labute approximate surface area is 865 Å². The van der Waals surface area contributed by atoms with E-state index in [4.69, 9.17) is 37.1 Å². The zero-order valence-electron chi connectivity index (χ0n) is 80.6. The van der Waals surface area contributed by atoms with Gasteiger partial charge in [-0.3, -0.25) is 14.0 Å². The number of carbonyl (C=O) groups is 3. The van der Waals surface area contributed by atoms with E-state index < -0.39 is 121 Å². The quantitative estimate of drug-likeness (QED) is 0.0119. The molecule has 25 nitrogen and oxygen atoms in total. The van der Waals surface area contributed by atoms with Gasteiger partial charge in [-0.25, -0.2) is 66.0 Å². The number of methoxy groups -OCH3 is 2. The van der Waals surface area contributed by atoms with Gasteiger partial charge in [-0.15, -0.1) is 34.0 Å². The molecule has 0 aliphatic carbocycles. The number of nitriles is 1. The van der Waals surface area contributed by atoms with Gasteiger partial charge in [0.25, 0.3) is 49.2 Å². The molecule has 8 N–H and O–H groups in total. The van der Waals surface area contributed by atoms with Crippen LogP contribution in [0.1, 0.15) is 220 Å². The topological polar surface area (TPSA) is 439 Å². The average molecular weight is 2110 g/mol. The van der Waals surface area contributed by atoms with Crippen molar-refractivity contribution in [2.45, 2.75) is 215 Å². The van der Waals surface area contributed by atoms with E-state index in [9.17, 15) is 93.0 Å². The van der Waals surface area contributed by atoms with Crippen molar-refractivity contribution in [1.82, 2.24) is 0 Å². The van der Waals surface area contributed by atoms with Gasteiger partial charge >= 0.3 is 77.0 Å². The number of carboxylic acids is 1. The molecule has 0 atom stereocenters. The van der Waals surface area contributed by atoms with E-state index in [0.717, 1.165) is 75.5 Å². The van der Waals surface area contributed by atoms with E-state index in [1.165, 1.54) is 122 Å². The molecular formula is C94H111ClF6N6Na2O19S9. The molecule has 0 amide bonds. The van der Waals surface area contributed by atoms with Crippen LogP contribution in [0.25, 0.3) is 0 Å². The van der Waals surface area contributed by atoms with Crippen LogP contribution in [0.4, 0.5) is 49.1 Å². The number of carboxylic acid groups (broad SMARTS) is 1. The van der Waals surface area contributed by atoms with Crippen molar-refractivity contribution in [3.63, 3.8) is 0 Å². The van der Waals surface area contributed by atoms with Gasteiger partial charge in [-0.2, -0.15) is 32.4 Å². The summed E-state index contributed by atoms with van der Waals surface area (Å²) in [7, 11) is -13.6. The Hall–Kier alpha value is -8.58. The number of nitrogens with zero attached hydrogens (tertiary/aromatic N) is 2. The molecule has 0 unspecified atom stereocenters. The van der Waals surface area contributed by atoms with E-state index in [-0.39, 0.29) is 141 Å². The van der Waals surface area contributed by atoms with Crippen LogP contribution in [0.15, 0.2) is 225 Å². The van der Waals surface area contributed by atoms with Gasteiger partial charge in [0.1, 0.15) is 74.0 Å². The molecule has 3 aromatic heterocycles. The van der Waals surface area contributed by atoms with Gasteiger partial charge in [0.2, 0.25) is 0 Å². The van der Waals surface area contributed by atoms with E-state index in [0.29, 0.717) is 32.8 Å². The fourth-order valence-corrected chi connectivity index (χ4v) is 18.5. The molecule has 7 aromatic carbocycles. The van der Waals surface area contributed by atoms with Crippen LogP contribution in [0.3, 0.4) is 0 Å². The molecule has 0 fully saturated rings. The molecule has 10 aromatic rings. The number of nitrogens with two attached hydrogens (primary N) is 2. The van der Waals surface area contributed by atoms with Crippen LogP contribution < -0.4 is 90.2 Å². The number of ether oxygens (including phenoxy) is 2. The number of rotatable bonds is 13. The van der Waals surface area contributed by atoms with Crippen molar-refractivity contribution in [1.29, 1.82) is 5.26 Å². The summed E-state index contributed by atoms with van der Waals surface area (Å²) in [6.07, 6.45) is 1.23. The summed E-state index contributed by atoms with van der Waals surface area (Å²) in [5, 5.41) is 44.2. The number of thiophene rings is 3. The predicted octanol–water partition coefficient (Wildman–Crippen LogP) is 15.6. The number of hydrogen-bond acceptors (Lipinski definition) is 24. The molecule has 0 saturated carbocycles. The number of hydrogen-bond donors (Lipinski definition) is 6. The Kier molecular flexibility index (Phi) is 48.2. The average Bonchev–Trinajstić information content (AvgIpc) is 1.16. The van der Waals surface area contributed by atoms with E-state index >= 15 is 0 Å². The third-order valence-electron chi connectivity index (χ3n) is 18.3. The standard InChI is InChI=1S/C16H18FNO4S2.2C15H16FNO4S2.C10H12ClFO2S.C10H13FO3S.C10H13F.C10H15N.C6H7NO2S.C2H3N.2Na/c1-16(2,3)10-5-6-13(11(17)9-10)24(20,21)18-12-7-8-23-14(12)15(19)22-4;2*1-15(2,3)9-4-5-12(10(16)8-9)23(20,21)17-11-6-7-22-13(11)14(18)19;1-10(2,3)7-4-5-9(8(12)6-7)15(11,13)14;1-10(2,3)7-4-5-9(8(11)6-7)15(12,13)14;2*1-10(2,3)8-5-4-6-9(11)7-8;1-9-6(8)5-4(7)2-3-10-5;1-2-3;;/h5-9,18H,1-4H3;4-8,18-19H,1-3H3;4-8,17H,1-3H3,(H,18,19);4-6H,1-3H3;4-6H,1-3H3,(H,12,13,14);4-7H,1-3H3;4-7H,11H2,1-3H3;2-3H,7H2,1H3;1H3;;/q;;;;;;;;;2*+1/p-2. The molecular weight excluding hydrogens is 2000 g/mol. The summed E-state index contributed by atoms with van der Waals surface area (Å²) < 4.78 is 225. The first kappa shape index (κ1) is 126. The largest absolute Gasteiger partial charge is 1.00 e. The Morgan fingerprint density at radius 1 is 0.445 bits per heavy atom. The number of sulfonamides is 3. The molecule has 0 saturated heterocycles. The molecule has 1 aliphatic heterocycles. The minimum absolute atomic E-state index is 0. The maximum absolute atomic E-state index is 14.3. The molecule has 0 spiro atoms. The van der Waals surface area contributed by atoms with Crippen LogP contribution in [-0.2, 0) is 96.6 Å². The Morgan fingerprint density at radius 2 is 0.752 bits per heavy atom. The summed E-state index contributed by atoms with van der Waals surface area (Å²) >= 11 is 3.99. The molecule has 4 heterocycles. The fraction of sp³-hybridized carbons (Fsp3) is 0.330. The first-order valence-corrected chi connectivity index (χ1v) is 51.7. The summed E-state index contributed by atoms with van der Waals surface area (Å²) in [4.78, 5) is 30.8. The van der Waals surface area contributed by atoms with E-state index in [1.54, 1.807) is 53.2 Å². The van der Waals surface area contributed by atoms with E-state index in [1.807, 2.05) is 128 Å². The smallest absolute Gasteiger partial charge is 0.883 e. The number of halogens is 7. The van der Waals surface area contributed by atoms with Crippen LogP contribution in [0.2, 0.25) is 0 Å². The maximum atomic E-state index is 14.3. The number of benzene rings is 7. The van der Waals surface area contributed by atoms with Crippen molar-refractivity contribution >= 4 is 152 Å². The molecule has 11 rings (SSSR count). The van der Waals surface area contributed by atoms with Crippen LogP contribution in [0, 0.1) is 46.2 Å². The minimum atomic E-state index is -4.47. The predicted molar refractivity (Wildman–Crippen MR) is 521 cm³/mol. The number of esters is 2. The van der Waals surface area contributed by atoms with Gasteiger partial charge in [0.15, 0.2) is 0 Å². The van der Waals surface area contributed by atoms with Crippen molar-refractivity contribution < 1.29 is 171 Å². The first-order chi connectivity index (χ1) is 61.5. The van der Waals surface area contributed by atoms with Gasteiger partial charge in [-0.05, 0) is 208 Å². The zero-order valence-corrected chi connectivity index (χ0v) is 92.7. The SMILES string of the molecule is CC#N.CC(C)(C)c1ccc(S(=O)(=O)Cl)c(F)c1.CC(C)(C)c1ccc(S(=O)(=O)N=C2C=CSC2=C([O-])[O-])c(F)c1.CC(C)(C)c1ccc(S(=O)(=O)Nc2ccsc2C(=O)O)c(F)c1.CC(C)(C)c1ccc(S(=O)(=O)O)c(F)c1.CC(C)(C)c1cccc(F)c1.CC(C)(C)c1cccc(N)c1.COC(=O)c1sccc1N.COC(=O)c1sccc1NS(=O)(=O)c1ccc(C(C)(C)C)cc1F.[Na+].[Na+]. The third-order valence-corrected chi connectivity index (χ3v) is 28.3. The molecule has 43 heteroatoms. The van der Waals surface area contributed by atoms with Gasteiger partial charge in [-0.1, -0.05) is 212 Å². The van der Waals surface area contributed by atoms with Gasteiger partial charge in [0.05, 0.1) is 43.1 Å². The van der Waals surface area contributed by atoms with Crippen molar-refractivity contribution in [3.8, 4) is 6.07 Å². The minimum Gasteiger partial charge on any atom is -0.883 e.